The van der Waals surface area contributed by atoms with Gasteiger partial charge in [0.2, 0.25) is 0 Å². The Hall–Kier alpha value is -1.70. The van der Waals surface area contributed by atoms with Gasteiger partial charge in [-0.25, -0.2) is 0 Å². The molecule has 2 aromatic carbocycles. The van der Waals surface area contributed by atoms with Crippen LogP contribution < -0.4 is 9.64 Å². The highest BCUT2D eigenvalue weighted by Crippen LogP contribution is 2.16. The number of anilines is 1. The molecule has 0 N–H and O–H groups in total. The topological polar surface area (TPSA) is 12.5 Å². The third-order valence-electron chi connectivity index (χ3n) is 3.02. The number of methoxy groups -OCH3 is 1. The van der Waals surface area contributed by atoms with Gasteiger partial charge in [-0.15, -0.1) is 0 Å². The number of hydrogen-bond acceptors (Lipinski definition) is 4. The predicted molar refractivity (Wildman–Crippen MR) is 95.6 cm³/mol. The quantitative estimate of drug-likeness (QED) is 0.507. The fourth-order valence-electron chi connectivity index (χ4n) is 1.78. The third-order valence-corrected chi connectivity index (χ3v) is 3.70. The number of benzene rings is 2. The van der Waals surface area contributed by atoms with Gasteiger partial charge in [0.1, 0.15) is 5.75 Å². The summed E-state index contributed by atoms with van der Waals surface area (Å²) in [5.74, 6) is 8.41. The van der Waals surface area contributed by atoms with Gasteiger partial charge in [-0.1, -0.05) is 11.8 Å². The first-order valence-electron chi connectivity index (χ1n) is 6.49. The molecule has 0 heterocycles. The monoisotopic (exact) mass is 315 g/mol. The molecule has 2 nitrogen and oxygen atoms in total. The molecule has 0 saturated heterocycles. The van der Waals surface area contributed by atoms with Crippen LogP contribution in [0.1, 0.15) is 11.1 Å². The summed E-state index contributed by atoms with van der Waals surface area (Å²) in [6, 6.07) is 15.8. The van der Waals surface area contributed by atoms with E-state index in [2.05, 4.69) is 37.1 Å². The summed E-state index contributed by atoms with van der Waals surface area (Å²) >= 11 is 8.55. The second-order valence-electron chi connectivity index (χ2n) is 4.35. The Kier molecular flexibility index (Phi) is 5.91. The smallest absolute Gasteiger partial charge is 0.118 e. The van der Waals surface area contributed by atoms with E-state index in [-0.39, 0.29) is 0 Å². The molecule has 0 unspecified atom stereocenters. The highest BCUT2D eigenvalue weighted by molar-refractivity contribution is 7.81. The number of rotatable bonds is 4. The summed E-state index contributed by atoms with van der Waals surface area (Å²) in [5.41, 5.74) is 3.04. The first-order valence-corrected chi connectivity index (χ1v) is 7.76. The Labute approximate surface area is 136 Å². The molecule has 0 bridgehead atoms. The van der Waals surface area contributed by atoms with Crippen LogP contribution in [0.25, 0.3) is 0 Å². The Morgan fingerprint density at radius 3 is 1.76 bits per heavy atom. The maximum atomic E-state index is 5.12. The lowest BCUT2D eigenvalue weighted by Crippen LogP contribution is -2.18. The number of thiol groups is 2. The van der Waals surface area contributed by atoms with E-state index in [1.54, 1.807) is 7.11 Å². The average Bonchev–Trinajstić information content (AvgIpc) is 2.55. The minimum atomic E-state index is 0.639. The molecule has 0 aliphatic heterocycles. The van der Waals surface area contributed by atoms with Crippen molar-refractivity contribution >= 4 is 30.9 Å². The van der Waals surface area contributed by atoms with Crippen molar-refractivity contribution in [1.82, 2.24) is 0 Å². The standard InChI is InChI=1S/C17H17NOS2/c1-19-17-10-6-15(7-11-17)3-2-14-4-8-16(9-5-14)18(12-20)13-21/h4-11,20-21H,12-13H2,1H3. The van der Waals surface area contributed by atoms with Crippen LogP contribution in [0.3, 0.4) is 0 Å². The van der Waals surface area contributed by atoms with E-state index in [0.717, 1.165) is 22.6 Å². The van der Waals surface area contributed by atoms with E-state index >= 15 is 0 Å². The molecule has 0 aliphatic rings. The largest absolute Gasteiger partial charge is 0.497 e. The summed E-state index contributed by atoms with van der Waals surface area (Å²) < 4.78 is 5.12. The van der Waals surface area contributed by atoms with Crippen LogP contribution in [0.5, 0.6) is 5.75 Å². The van der Waals surface area contributed by atoms with Crippen molar-refractivity contribution in [3.05, 3.63) is 59.7 Å². The minimum absolute atomic E-state index is 0.639. The van der Waals surface area contributed by atoms with Crippen LogP contribution in [-0.2, 0) is 0 Å². The van der Waals surface area contributed by atoms with Gasteiger partial charge >= 0.3 is 0 Å². The molecular formula is C17H17NOS2. The van der Waals surface area contributed by atoms with Crippen molar-refractivity contribution in [2.75, 3.05) is 23.8 Å². The predicted octanol–water partition coefficient (Wildman–Crippen LogP) is 3.68. The Balaban J connectivity index is 2.11. The Morgan fingerprint density at radius 2 is 1.33 bits per heavy atom. The van der Waals surface area contributed by atoms with Crippen LogP contribution >= 0.6 is 25.3 Å². The van der Waals surface area contributed by atoms with Crippen LogP contribution in [0.2, 0.25) is 0 Å². The van der Waals surface area contributed by atoms with E-state index in [9.17, 15) is 0 Å². The number of nitrogens with zero attached hydrogens (tertiary/aromatic N) is 1. The molecule has 0 spiro atoms. The second kappa shape index (κ2) is 7.92. The lowest BCUT2D eigenvalue weighted by Gasteiger charge is -2.19. The fraction of sp³-hybridized carbons (Fsp3) is 0.176. The molecule has 0 radical (unpaired) electrons. The van der Waals surface area contributed by atoms with Crippen molar-refractivity contribution < 1.29 is 4.74 Å². The van der Waals surface area contributed by atoms with Crippen molar-refractivity contribution in [1.29, 1.82) is 0 Å². The summed E-state index contributed by atoms with van der Waals surface area (Å²) in [4.78, 5) is 2.05. The normalized spacial score (nSPS) is 9.67. The lowest BCUT2D eigenvalue weighted by atomic mass is 10.1. The van der Waals surface area contributed by atoms with Crippen LogP contribution in [-0.4, -0.2) is 18.9 Å². The molecular weight excluding hydrogens is 298 g/mol. The Bertz CT molecular complexity index is 623. The van der Waals surface area contributed by atoms with Gasteiger partial charge in [0, 0.05) is 16.8 Å². The second-order valence-corrected chi connectivity index (χ2v) is 4.91. The van der Waals surface area contributed by atoms with E-state index < -0.39 is 0 Å². The van der Waals surface area contributed by atoms with Crippen LogP contribution in [0.4, 0.5) is 5.69 Å². The molecule has 0 saturated carbocycles. The van der Waals surface area contributed by atoms with Crippen molar-refractivity contribution in [3.8, 4) is 17.6 Å². The molecule has 108 valence electrons. The van der Waals surface area contributed by atoms with Crippen LogP contribution in [0, 0.1) is 11.8 Å². The average molecular weight is 315 g/mol. The molecule has 0 amide bonds. The Morgan fingerprint density at radius 1 is 0.857 bits per heavy atom. The maximum absolute atomic E-state index is 5.12. The van der Waals surface area contributed by atoms with E-state index in [0.29, 0.717) is 11.8 Å². The number of hydrogen-bond donors (Lipinski definition) is 2. The maximum Gasteiger partial charge on any atom is 0.118 e. The molecule has 2 aromatic rings. The van der Waals surface area contributed by atoms with E-state index in [1.165, 1.54) is 0 Å². The zero-order valence-electron chi connectivity index (χ0n) is 11.8. The zero-order chi connectivity index (χ0) is 15.1. The van der Waals surface area contributed by atoms with Gasteiger partial charge in [0.05, 0.1) is 18.9 Å². The molecule has 4 heteroatoms. The molecule has 2 rings (SSSR count). The molecule has 21 heavy (non-hydrogen) atoms. The van der Waals surface area contributed by atoms with Crippen molar-refractivity contribution in [3.63, 3.8) is 0 Å². The fourth-order valence-corrected chi connectivity index (χ4v) is 2.47. The summed E-state index contributed by atoms with van der Waals surface area (Å²) in [5, 5.41) is 0. The van der Waals surface area contributed by atoms with Gasteiger partial charge in [0.25, 0.3) is 0 Å². The molecule has 0 aliphatic carbocycles. The number of ether oxygens (including phenoxy) is 1. The highest BCUT2D eigenvalue weighted by atomic mass is 32.1. The van der Waals surface area contributed by atoms with Gasteiger partial charge < -0.3 is 9.64 Å². The van der Waals surface area contributed by atoms with Gasteiger partial charge in [-0.3, -0.25) is 0 Å². The van der Waals surface area contributed by atoms with Gasteiger partial charge in [0.15, 0.2) is 0 Å². The summed E-state index contributed by atoms with van der Waals surface area (Å²) in [6.07, 6.45) is 0. The zero-order valence-corrected chi connectivity index (χ0v) is 13.6. The molecule has 0 atom stereocenters. The summed E-state index contributed by atoms with van der Waals surface area (Å²) in [6.45, 7) is 0. The van der Waals surface area contributed by atoms with E-state index in [4.69, 9.17) is 4.74 Å². The first kappa shape index (κ1) is 15.7. The minimum Gasteiger partial charge on any atom is -0.497 e. The lowest BCUT2D eigenvalue weighted by molar-refractivity contribution is 0.415. The SMILES string of the molecule is COc1ccc(C#Cc2ccc(N(CS)CS)cc2)cc1. The third kappa shape index (κ3) is 4.38. The highest BCUT2D eigenvalue weighted by Gasteiger charge is 2.00. The van der Waals surface area contributed by atoms with Crippen molar-refractivity contribution in [2.45, 2.75) is 0 Å². The first-order chi connectivity index (χ1) is 10.3. The molecule has 0 fully saturated rings. The van der Waals surface area contributed by atoms with Crippen molar-refractivity contribution in [2.24, 2.45) is 0 Å². The van der Waals surface area contributed by atoms with Gasteiger partial charge in [-0.05, 0) is 48.5 Å². The van der Waals surface area contributed by atoms with Crippen LogP contribution in [0.15, 0.2) is 48.5 Å². The van der Waals surface area contributed by atoms with Gasteiger partial charge in [-0.2, -0.15) is 25.3 Å². The molecule has 0 aromatic heterocycles. The van der Waals surface area contributed by atoms with E-state index in [1.807, 2.05) is 53.4 Å². The summed E-state index contributed by atoms with van der Waals surface area (Å²) in [7, 11) is 1.65.